The lowest BCUT2D eigenvalue weighted by Gasteiger charge is -2.32. The number of nitrogens with zero attached hydrogens (tertiary/aromatic N) is 2. The van der Waals surface area contributed by atoms with Gasteiger partial charge in [-0.25, -0.2) is 0 Å². The predicted molar refractivity (Wildman–Crippen MR) is 75.7 cm³/mol. The van der Waals surface area contributed by atoms with Gasteiger partial charge in [0.05, 0.1) is 11.1 Å². The van der Waals surface area contributed by atoms with Crippen molar-refractivity contribution in [2.45, 2.75) is 13.0 Å². The third kappa shape index (κ3) is 2.34. The van der Waals surface area contributed by atoms with Gasteiger partial charge in [-0.1, -0.05) is 12.1 Å². The van der Waals surface area contributed by atoms with Crippen LogP contribution in [0.5, 0.6) is 0 Å². The summed E-state index contributed by atoms with van der Waals surface area (Å²) in [6.07, 6.45) is 0. The normalized spacial score (nSPS) is 23.2. The highest BCUT2D eigenvalue weighted by molar-refractivity contribution is 6.21. The van der Waals surface area contributed by atoms with Gasteiger partial charge in [-0.15, -0.1) is 0 Å². The van der Waals surface area contributed by atoms with Crippen LogP contribution in [-0.4, -0.2) is 60.4 Å². The summed E-state index contributed by atoms with van der Waals surface area (Å²) in [5.41, 5.74) is 1.07. The fraction of sp³-hybridized carbons (Fsp3) is 0.467. The van der Waals surface area contributed by atoms with Crippen molar-refractivity contribution in [1.29, 1.82) is 0 Å². The third-order valence-electron chi connectivity index (χ3n) is 3.97. The van der Waals surface area contributed by atoms with Gasteiger partial charge in [0.25, 0.3) is 11.8 Å². The Morgan fingerprint density at radius 1 is 1.15 bits per heavy atom. The fourth-order valence-electron chi connectivity index (χ4n) is 2.90. The molecule has 20 heavy (non-hydrogen) atoms. The summed E-state index contributed by atoms with van der Waals surface area (Å²) in [5.74, 6) is -0.317. The Labute approximate surface area is 118 Å². The van der Waals surface area contributed by atoms with E-state index in [0.717, 1.165) is 26.2 Å². The molecule has 1 aromatic rings. The molecule has 106 valence electrons. The van der Waals surface area contributed by atoms with Crippen molar-refractivity contribution >= 4 is 11.8 Å². The molecule has 2 heterocycles. The zero-order valence-electron chi connectivity index (χ0n) is 11.6. The van der Waals surface area contributed by atoms with Crippen LogP contribution in [0.3, 0.4) is 0 Å². The molecule has 0 radical (unpaired) electrons. The van der Waals surface area contributed by atoms with E-state index in [0.29, 0.717) is 23.7 Å². The summed E-state index contributed by atoms with van der Waals surface area (Å²) in [6, 6.07) is 7.51. The Morgan fingerprint density at radius 2 is 1.80 bits per heavy atom. The van der Waals surface area contributed by atoms with Crippen molar-refractivity contribution in [3.05, 3.63) is 35.4 Å². The van der Waals surface area contributed by atoms with Crippen LogP contribution >= 0.6 is 0 Å². The summed E-state index contributed by atoms with van der Waals surface area (Å²) in [4.78, 5) is 28.1. The molecule has 5 nitrogen and oxygen atoms in total. The van der Waals surface area contributed by atoms with E-state index in [1.54, 1.807) is 24.3 Å². The van der Waals surface area contributed by atoms with Crippen molar-refractivity contribution < 1.29 is 9.59 Å². The lowest BCUT2D eigenvalue weighted by Crippen LogP contribution is -2.51. The average molecular weight is 273 g/mol. The van der Waals surface area contributed by atoms with Gasteiger partial charge in [-0.05, 0) is 19.1 Å². The largest absolute Gasteiger partial charge is 0.312 e. The van der Waals surface area contributed by atoms with Gasteiger partial charge < -0.3 is 5.32 Å². The molecule has 1 fully saturated rings. The number of benzene rings is 1. The standard InChI is InChI=1S/C15H19N3O2/c1-11-10-17(7-6-16-11)8-9-18-14(19)12-4-2-3-5-13(12)15(18)20/h2-5,11,16H,6-10H2,1H3/t11-/m0/s1. The van der Waals surface area contributed by atoms with Crippen LogP contribution in [0.4, 0.5) is 0 Å². The fourth-order valence-corrected chi connectivity index (χ4v) is 2.90. The zero-order valence-corrected chi connectivity index (χ0v) is 11.6. The van der Waals surface area contributed by atoms with Gasteiger partial charge in [0, 0.05) is 38.8 Å². The maximum absolute atomic E-state index is 12.2. The quantitative estimate of drug-likeness (QED) is 0.818. The molecule has 5 heteroatoms. The second kappa shape index (κ2) is 5.34. The molecule has 0 saturated carbocycles. The second-order valence-corrected chi connectivity index (χ2v) is 5.46. The molecular weight excluding hydrogens is 254 g/mol. The van der Waals surface area contributed by atoms with Crippen LogP contribution in [0.25, 0.3) is 0 Å². The molecule has 2 amide bonds. The minimum Gasteiger partial charge on any atom is -0.312 e. The van der Waals surface area contributed by atoms with Crippen molar-refractivity contribution in [1.82, 2.24) is 15.1 Å². The number of imide groups is 1. The Morgan fingerprint density at radius 3 is 2.40 bits per heavy atom. The highest BCUT2D eigenvalue weighted by Crippen LogP contribution is 2.22. The van der Waals surface area contributed by atoms with Crippen LogP contribution in [0.15, 0.2) is 24.3 Å². The number of piperazine rings is 1. The number of rotatable bonds is 3. The van der Waals surface area contributed by atoms with Gasteiger partial charge >= 0.3 is 0 Å². The summed E-state index contributed by atoms with van der Waals surface area (Å²) in [6.45, 7) is 6.25. The molecule has 0 aliphatic carbocycles. The first-order chi connectivity index (χ1) is 9.66. The van der Waals surface area contributed by atoms with Crippen LogP contribution in [0.2, 0.25) is 0 Å². The zero-order chi connectivity index (χ0) is 14.1. The SMILES string of the molecule is C[C@H]1CN(CCN2C(=O)c3ccccc3C2=O)CCN1. The lowest BCUT2D eigenvalue weighted by molar-refractivity contribution is 0.0630. The first kappa shape index (κ1) is 13.3. The molecule has 2 aliphatic rings. The van der Waals surface area contributed by atoms with Crippen LogP contribution in [0, 0.1) is 0 Å². The highest BCUT2D eigenvalue weighted by atomic mass is 16.2. The Kier molecular flexibility index (Phi) is 3.54. The summed E-state index contributed by atoms with van der Waals surface area (Å²) < 4.78 is 0. The van der Waals surface area contributed by atoms with E-state index in [1.807, 2.05) is 0 Å². The Bertz CT molecular complexity index is 509. The first-order valence-corrected chi connectivity index (χ1v) is 7.08. The number of carbonyl (C=O) groups is 2. The topological polar surface area (TPSA) is 52.7 Å². The van der Waals surface area contributed by atoms with E-state index in [1.165, 1.54) is 4.90 Å². The van der Waals surface area contributed by atoms with Crippen LogP contribution < -0.4 is 5.32 Å². The highest BCUT2D eigenvalue weighted by Gasteiger charge is 2.35. The molecule has 0 aromatic heterocycles. The molecule has 0 spiro atoms. The number of carbonyl (C=O) groups excluding carboxylic acids is 2. The first-order valence-electron chi connectivity index (χ1n) is 7.08. The van der Waals surface area contributed by atoms with Crippen molar-refractivity contribution in [2.75, 3.05) is 32.7 Å². The number of hydrogen-bond donors (Lipinski definition) is 1. The molecule has 2 aliphatic heterocycles. The maximum atomic E-state index is 12.2. The number of amides is 2. The van der Waals surface area contributed by atoms with Gasteiger partial charge in [-0.3, -0.25) is 19.4 Å². The van der Waals surface area contributed by atoms with E-state index in [4.69, 9.17) is 0 Å². The van der Waals surface area contributed by atoms with Crippen LogP contribution in [0.1, 0.15) is 27.6 Å². The van der Waals surface area contributed by atoms with Gasteiger partial charge in [-0.2, -0.15) is 0 Å². The van der Waals surface area contributed by atoms with E-state index in [2.05, 4.69) is 17.1 Å². The molecule has 1 N–H and O–H groups in total. The summed E-state index contributed by atoms with van der Waals surface area (Å²) in [5, 5.41) is 3.38. The van der Waals surface area contributed by atoms with Gasteiger partial charge in [0.1, 0.15) is 0 Å². The minimum atomic E-state index is -0.159. The van der Waals surface area contributed by atoms with Crippen molar-refractivity contribution in [2.24, 2.45) is 0 Å². The van der Waals surface area contributed by atoms with E-state index >= 15 is 0 Å². The van der Waals surface area contributed by atoms with Gasteiger partial charge in [0.2, 0.25) is 0 Å². The molecule has 0 unspecified atom stereocenters. The molecule has 3 rings (SSSR count). The lowest BCUT2D eigenvalue weighted by atomic mass is 10.1. The molecule has 0 bridgehead atoms. The smallest absolute Gasteiger partial charge is 0.261 e. The number of hydrogen-bond acceptors (Lipinski definition) is 4. The van der Waals surface area contributed by atoms with E-state index < -0.39 is 0 Å². The molecular formula is C15H19N3O2. The number of nitrogens with one attached hydrogen (secondary N) is 1. The number of fused-ring (bicyclic) bond motifs is 1. The monoisotopic (exact) mass is 273 g/mol. The summed E-state index contributed by atoms with van der Waals surface area (Å²) >= 11 is 0. The summed E-state index contributed by atoms with van der Waals surface area (Å²) in [7, 11) is 0. The minimum absolute atomic E-state index is 0.159. The van der Waals surface area contributed by atoms with Crippen LogP contribution in [-0.2, 0) is 0 Å². The molecule has 1 saturated heterocycles. The van der Waals surface area contributed by atoms with Crippen molar-refractivity contribution in [3.8, 4) is 0 Å². The Balaban J connectivity index is 1.65. The molecule has 1 aromatic carbocycles. The van der Waals surface area contributed by atoms with Crippen molar-refractivity contribution in [3.63, 3.8) is 0 Å². The van der Waals surface area contributed by atoms with E-state index in [9.17, 15) is 9.59 Å². The predicted octanol–water partition coefficient (Wildman–Crippen LogP) is 0.576. The van der Waals surface area contributed by atoms with E-state index in [-0.39, 0.29) is 11.8 Å². The molecule has 1 atom stereocenters. The maximum Gasteiger partial charge on any atom is 0.261 e. The Hall–Kier alpha value is -1.72. The second-order valence-electron chi connectivity index (χ2n) is 5.46. The average Bonchev–Trinajstić information content (AvgIpc) is 2.70. The van der Waals surface area contributed by atoms with Gasteiger partial charge in [0.15, 0.2) is 0 Å². The third-order valence-corrected chi connectivity index (χ3v) is 3.97.